The van der Waals surface area contributed by atoms with Gasteiger partial charge in [0.1, 0.15) is 0 Å². The van der Waals surface area contributed by atoms with Crippen molar-refractivity contribution in [3.8, 4) is 0 Å². The second kappa shape index (κ2) is 27.0. The van der Waals surface area contributed by atoms with E-state index < -0.39 is 23.9 Å². The predicted octanol–water partition coefficient (Wildman–Crippen LogP) is -9.22. The molecule has 120 valence electrons. The van der Waals surface area contributed by atoms with Gasteiger partial charge in [-0.2, -0.15) is 0 Å². The van der Waals surface area contributed by atoms with Crippen molar-refractivity contribution in [2.75, 3.05) is 26.2 Å². The molecule has 0 unspecified atom stereocenters. The maximum Gasteiger partial charge on any atom is 4.00 e. The van der Waals surface area contributed by atoms with Crippen LogP contribution >= 0.6 is 0 Å². The number of hydrogen-bond donors (Lipinski definition) is 4. The molecule has 12 nitrogen and oxygen atoms in total. The number of hydrogen-bond acceptors (Lipinski definition) is 12. The van der Waals surface area contributed by atoms with E-state index in [0.29, 0.717) is 0 Å². The Morgan fingerprint density at radius 3 is 0.571 bits per heavy atom. The molecule has 0 aliphatic rings. The first-order valence-corrected chi connectivity index (χ1v) is 4.68. The Balaban J connectivity index is -0.0000000533. The monoisotopic (exact) mass is 386 g/mol. The minimum Gasteiger partial charge on any atom is -0.549 e. The Kier molecular flexibility index (Phi) is 41.0. The maximum absolute atomic E-state index is 9.13. The van der Waals surface area contributed by atoms with Crippen molar-refractivity contribution in [1.82, 2.24) is 0 Å². The summed E-state index contributed by atoms with van der Waals surface area (Å²) in [6, 6.07) is 0. The molecule has 0 rings (SSSR count). The van der Waals surface area contributed by atoms with E-state index in [0.717, 1.165) is 0 Å². The van der Waals surface area contributed by atoms with Gasteiger partial charge in [-0.3, -0.25) is 0 Å². The van der Waals surface area contributed by atoms with Gasteiger partial charge in [-0.25, -0.2) is 0 Å². The Morgan fingerprint density at radius 1 is 0.524 bits per heavy atom. The fourth-order valence-corrected chi connectivity index (χ4v) is 0. The molecule has 0 aromatic heterocycles. The number of carboxylic acid groups (broad SMARTS) is 4. The van der Waals surface area contributed by atoms with E-state index in [1.54, 1.807) is 0 Å². The van der Waals surface area contributed by atoms with Crippen LogP contribution in [0.2, 0.25) is 0 Å². The first-order valence-electron chi connectivity index (χ1n) is 4.68. The summed E-state index contributed by atoms with van der Waals surface area (Å²) in [4.78, 5) is 36.5. The summed E-state index contributed by atoms with van der Waals surface area (Å²) in [6.45, 7) is -1.56. The first-order chi connectivity index (χ1) is 9.08. The number of rotatable bonds is 4. The molecule has 8 N–H and O–H groups in total. The number of nitrogens with two attached hydrogens (primary N) is 4. The van der Waals surface area contributed by atoms with Crippen molar-refractivity contribution >= 4 is 23.9 Å². The zero-order valence-corrected chi connectivity index (χ0v) is 13.4. The number of carboxylic acids is 4. The van der Waals surface area contributed by atoms with Crippen LogP contribution in [-0.4, -0.2) is 50.1 Å². The molecule has 0 amide bonds. The summed E-state index contributed by atoms with van der Waals surface area (Å²) in [5, 5.41) is 36.5. The second-order valence-electron chi connectivity index (χ2n) is 2.30. The number of carbonyl (C=O) groups is 4. The van der Waals surface area contributed by atoms with Crippen LogP contribution in [0.1, 0.15) is 0 Å². The third-order valence-corrected chi connectivity index (χ3v) is 0.667. The number of carbonyl (C=O) groups excluding carboxylic acids is 4. The molecule has 0 bridgehead atoms. The average molecular weight is 387 g/mol. The van der Waals surface area contributed by atoms with Gasteiger partial charge in [0.05, 0.1) is 23.9 Å². The Labute approximate surface area is 139 Å². The van der Waals surface area contributed by atoms with Crippen molar-refractivity contribution in [2.45, 2.75) is 0 Å². The van der Waals surface area contributed by atoms with Gasteiger partial charge in [-0.1, -0.05) is 0 Å². The van der Waals surface area contributed by atoms with Gasteiger partial charge >= 0.3 is 26.2 Å². The van der Waals surface area contributed by atoms with E-state index >= 15 is 0 Å². The fourth-order valence-electron chi connectivity index (χ4n) is 0. The SMILES string of the molecule is NCC(=O)[O-].NCC(=O)[O-].NCC(=O)[O-].NCC(=O)[O-].[Zr+4]. The molecule has 0 atom stereocenters. The van der Waals surface area contributed by atoms with Crippen LogP contribution in [0.15, 0.2) is 0 Å². The van der Waals surface area contributed by atoms with Crippen molar-refractivity contribution in [3.05, 3.63) is 0 Å². The Hall–Kier alpha value is -1.40. The predicted molar refractivity (Wildman–Crippen MR) is 56.2 cm³/mol. The van der Waals surface area contributed by atoms with E-state index in [1.807, 2.05) is 0 Å². The first kappa shape index (κ1) is 31.8. The van der Waals surface area contributed by atoms with E-state index in [-0.39, 0.29) is 52.4 Å². The summed E-state index contributed by atoms with van der Waals surface area (Å²) >= 11 is 0. The topological polar surface area (TPSA) is 265 Å². The van der Waals surface area contributed by atoms with Gasteiger partial charge in [0.15, 0.2) is 0 Å². The van der Waals surface area contributed by atoms with Crippen molar-refractivity contribution in [1.29, 1.82) is 0 Å². The third-order valence-electron chi connectivity index (χ3n) is 0.667. The average Bonchev–Trinajstić information content (AvgIpc) is 2.40. The quantitative estimate of drug-likeness (QED) is 0.350. The van der Waals surface area contributed by atoms with Crippen LogP contribution in [-0.2, 0) is 45.4 Å². The summed E-state index contributed by atoms with van der Waals surface area (Å²) < 4.78 is 0. The van der Waals surface area contributed by atoms with Crippen LogP contribution in [0.5, 0.6) is 0 Å². The summed E-state index contributed by atoms with van der Waals surface area (Å²) in [5.74, 6) is -4.87. The van der Waals surface area contributed by atoms with Gasteiger partial charge in [0.25, 0.3) is 0 Å². The van der Waals surface area contributed by atoms with Gasteiger partial charge in [0, 0.05) is 26.2 Å². The van der Waals surface area contributed by atoms with Crippen LogP contribution in [0.3, 0.4) is 0 Å². The van der Waals surface area contributed by atoms with Crippen LogP contribution < -0.4 is 43.4 Å². The second-order valence-corrected chi connectivity index (χ2v) is 2.30. The molecule has 0 aliphatic carbocycles. The fraction of sp³-hybridized carbons (Fsp3) is 0.500. The zero-order chi connectivity index (χ0) is 17.1. The van der Waals surface area contributed by atoms with E-state index in [9.17, 15) is 0 Å². The van der Waals surface area contributed by atoms with E-state index in [4.69, 9.17) is 39.6 Å². The molecule has 0 spiro atoms. The molecule has 13 heteroatoms. The van der Waals surface area contributed by atoms with Gasteiger partial charge in [-0.15, -0.1) is 0 Å². The maximum atomic E-state index is 9.13. The number of aliphatic carboxylic acids is 4. The molecule has 21 heavy (non-hydrogen) atoms. The van der Waals surface area contributed by atoms with Crippen LogP contribution in [0.4, 0.5) is 0 Å². The molecule has 0 aliphatic heterocycles. The summed E-state index contributed by atoms with van der Waals surface area (Å²) in [7, 11) is 0. The molecule has 0 fully saturated rings. The molecule has 0 saturated carbocycles. The van der Waals surface area contributed by atoms with E-state index in [2.05, 4.69) is 22.9 Å². The Morgan fingerprint density at radius 2 is 0.571 bits per heavy atom. The smallest absolute Gasteiger partial charge is 0.549 e. The molecular weight excluding hydrogens is 371 g/mol. The van der Waals surface area contributed by atoms with Crippen LogP contribution in [0, 0.1) is 0 Å². The van der Waals surface area contributed by atoms with Crippen LogP contribution in [0.25, 0.3) is 0 Å². The van der Waals surface area contributed by atoms with Crippen molar-refractivity contribution in [3.63, 3.8) is 0 Å². The molecule has 0 saturated heterocycles. The molecule has 0 heterocycles. The minimum atomic E-state index is -1.22. The summed E-state index contributed by atoms with van der Waals surface area (Å²) in [5.41, 5.74) is 18.0. The summed E-state index contributed by atoms with van der Waals surface area (Å²) in [6.07, 6.45) is 0. The molecular formula is C8H16N4O8Zr. The van der Waals surface area contributed by atoms with Gasteiger partial charge in [-0.05, 0) is 0 Å². The van der Waals surface area contributed by atoms with E-state index in [1.165, 1.54) is 0 Å². The standard InChI is InChI=1S/4C2H5NO2.Zr/c4*3-1-2(4)5;/h4*1,3H2,(H,4,5);/q;;;;+4/p-4. The van der Waals surface area contributed by atoms with Gasteiger partial charge < -0.3 is 62.5 Å². The molecule has 0 radical (unpaired) electrons. The molecule has 0 aromatic carbocycles. The largest absolute Gasteiger partial charge is 4.00 e. The normalized spacial score (nSPS) is 7.05. The molecule has 0 aromatic rings. The zero-order valence-electron chi connectivity index (χ0n) is 10.9. The van der Waals surface area contributed by atoms with Crippen molar-refractivity contribution < 1.29 is 65.8 Å². The van der Waals surface area contributed by atoms with Crippen molar-refractivity contribution in [2.24, 2.45) is 22.9 Å². The Bertz CT molecular complexity index is 233. The minimum absolute atomic E-state index is 0. The third kappa shape index (κ3) is 118. The van der Waals surface area contributed by atoms with Gasteiger partial charge in [0.2, 0.25) is 0 Å².